The van der Waals surface area contributed by atoms with Crippen molar-refractivity contribution >= 4 is 15.9 Å². The van der Waals surface area contributed by atoms with Crippen molar-refractivity contribution in [3.63, 3.8) is 0 Å². The van der Waals surface area contributed by atoms with Crippen LogP contribution in [0.4, 0.5) is 4.39 Å². The number of aromatic hydroxyl groups is 1. The first kappa shape index (κ1) is 14.3. The number of nitrogens with one attached hydrogen (secondary N) is 1. The Bertz CT molecular complexity index is 739. The molecule has 6 heteroatoms. The smallest absolute Gasteiger partial charge is 0.258 e. The highest BCUT2D eigenvalue weighted by Crippen LogP contribution is 2.36. The molecule has 0 spiro atoms. The fourth-order valence-electron chi connectivity index (χ4n) is 2.83. The predicted octanol–water partition coefficient (Wildman–Crippen LogP) is 3.70. The van der Waals surface area contributed by atoms with E-state index in [2.05, 4.69) is 25.9 Å². The molecule has 2 N–H and O–H groups in total. The molecule has 1 saturated carbocycles. The predicted molar refractivity (Wildman–Crippen MR) is 80.8 cm³/mol. The Morgan fingerprint density at radius 2 is 2.05 bits per heavy atom. The van der Waals surface area contributed by atoms with E-state index < -0.39 is 5.82 Å². The quantitative estimate of drug-likeness (QED) is 0.865. The molecule has 0 aliphatic heterocycles. The van der Waals surface area contributed by atoms with Crippen LogP contribution in [-0.4, -0.2) is 15.1 Å². The maximum atomic E-state index is 13.6. The molecule has 3 rings (SSSR count). The van der Waals surface area contributed by atoms with Crippen LogP contribution in [0.1, 0.15) is 37.2 Å². The molecule has 4 nitrogen and oxygen atoms in total. The molecule has 21 heavy (non-hydrogen) atoms. The monoisotopic (exact) mass is 352 g/mol. The Kier molecular flexibility index (Phi) is 3.80. The average Bonchev–Trinajstić information content (AvgIpc) is 2.95. The van der Waals surface area contributed by atoms with Crippen LogP contribution in [0.25, 0.3) is 11.4 Å². The van der Waals surface area contributed by atoms with E-state index in [1.54, 1.807) is 6.07 Å². The second-order valence-electron chi connectivity index (χ2n) is 5.26. The summed E-state index contributed by atoms with van der Waals surface area (Å²) in [6, 6.07) is 4.42. The molecular formula is C15H14BrFN2O2. The summed E-state index contributed by atoms with van der Waals surface area (Å²) >= 11 is 3.07. The standard InChI is InChI=1S/C15H14BrFN2O2/c16-10-6-5-9(7-11(10)17)13-18-14(20)12(15(21)19-13)8-3-1-2-4-8/h5-8H,1-4H2,(H2,18,19,20,21). The summed E-state index contributed by atoms with van der Waals surface area (Å²) in [5.74, 6) is -0.457. The van der Waals surface area contributed by atoms with Gasteiger partial charge in [0.25, 0.3) is 5.56 Å². The van der Waals surface area contributed by atoms with E-state index in [9.17, 15) is 14.3 Å². The molecule has 0 amide bonds. The Balaban J connectivity index is 2.05. The number of aromatic nitrogens is 2. The molecule has 2 aromatic rings. The van der Waals surface area contributed by atoms with Crippen LogP contribution in [0.15, 0.2) is 27.5 Å². The van der Waals surface area contributed by atoms with E-state index in [1.165, 1.54) is 12.1 Å². The van der Waals surface area contributed by atoms with E-state index in [0.717, 1.165) is 25.7 Å². The first-order chi connectivity index (χ1) is 10.1. The molecule has 1 fully saturated rings. The lowest BCUT2D eigenvalue weighted by atomic mass is 10.00. The Labute approximate surface area is 129 Å². The average molecular weight is 353 g/mol. The van der Waals surface area contributed by atoms with Gasteiger partial charge in [0.15, 0.2) is 0 Å². The van der Waals surface area contributed by atoms with Gasteiger partial charge in [-0.05, 0) is 52.9 Å². The molecule has 1 aromatic carbocycles. The number of rotatable bonds is 2. The molecule has 0 radical (unpaired) electrons. The van der Waals surface area contributed by atoms with Gasteiger partial charge in [0.1, 0.15) is 11.6 Å². The van der Waals surface area contributed by atoms with Gasteiger partial charge >= 0.3 is 0 Å². The van der Waals surface area contributed by atoms with Gasteiger partial charge < -0.3 is 10.1 Å². The Morgan fingerprint density at radius 1 is 1.33 bits per heavy atom. The Morgan fingerprint density at radius 3 is 2.67 bits per heavy atom. The van der Waals surface area contributed by atoms with Crippen molar-refractivity contribution < 1.29 is 9.50 Å². The fraction of sp³-hybridized carbons (Fsp3) is 0.333. The van der Waals surface area contributed by atoms with Crippen molar-refractivity contribution in [1.29, 1.82) is 0 Å². The van der Waals surface area contributed by atoms with Crippen LogP contribution >= 0.6 is 15.9 Å². The minimum atomic E-state index is -0.450. The molecule has 0 saturated heterocycles. The summed E-state index contributed by atoms with van der Waals surface area (Å²) in [6.07, 6.45) is 3.90. The molecule has 0 atom stereocenters. The zero-order valence-electron chi connectivity index (χ0n) is 11.2. The number of hydrogen-bond donors (Lipinski definition) is 2. The number of H-pyrrole nitrogens is 1. The second-order valence-corrected chi connectivity index (χ2v) is 6.12. The topological polar surface area (TPSA) is 66.0 Å². The minimum absolute atomic E-state index is 0.0666. The molecule has 1 heterocycles. The van der Waals surface area contributed by atoms with E-state index in [4.69, 9.17) is 0 Å². The number of nitrogens with zero attached hydrogens (tertiary/aromatic N) is 1. The van der Waals surface area contributed by atoms with Crippen LogP contribution in [-0.2, 0) is 0 Å². The maximum Gasteiger partial charge on any atom is 0.258 e. The highest BCUT2D eigenvalue weighted by atomic mass is 79.9. The van der Waals surface area contributed by atoms with E-state index in [1.807, 2.05) is 0 Å². The van der Waals surface area contributed by atoms with E-state index in [0.29, 0.717) is 15.6 Å². The number of halogens is 2. The van der Waals surface area contributed by atoms with Gasteiger partial charge in [-0.2, -0.15) is 4.98 Å². The van der Waals surface area contributed by atoms with Crippen LogP contribution in [0.5, 0.6) is 5.88 Å². The van der Waals surface area contributed by atoms with Gasteiger partial charge in [-0.1, -0.05) is 12.8 Å². The third kappa shape index (κ3) is 2.72. The summed E-state index contributed by atoms with van der Waals surface area (Å²) in [5.41, 5.74) is 0.433. The van der Waals surface area contributed by atoms with Gasteiger partial charge in [0, 0.05) is 5.56 Å². The number of benzene rings is 1. The highest BCUT2D eigenvalue weighted by molar-refractivity contribution is 9.10. The molecular weight excluding hydrogens is 339 g/mol. The molecule has 0 unspecified atom stereocenters. The van der Waals surface area contributed by atoms with Gasteiger partial charge in [-0.15, -0.1) is 0 Å². The molecule has 0 bridgehead atoms. The molecule has 1 aliphatic rings. The van der Waals surface area contributed by atoms with Gasteiger partial charge in [0.05, 0.1) is 10.0 Å². The van der Waals surface area contributed by atoms with E-state index in [-0.39, 0.29) is 23.2 Å². The Hall–Kier alpha value is -1.69. The largest absolute Gasteiger partial charge is 0.493 e. The summed E-state index contributed by atoms with van der Waals surface area (Å²) in [6.45, 7) is 0. The van der Waals surface area contributed by atoms with Crippen molar-refractivity contribution in [3.05, 3.63) is 44.4 Å². The summed E-state index contributed by atoms with van der Waals surface area (Å²) in [4.78, 5) is 18.9. The molecule has 110 valence electrons. The van der Waals surface area contributed by atoms with Crippen molar-refractivity contribution in [2.75, 3.05) is 0 Å². The first-order valence-corrected chi connectivity index (χ1v) is 7.64. The number of aromatic amines is 1. The highest BCUT2D eigenvalue weighted by Gasteiger charge is 2.24. The van der Waals surface area contributed by atoms with Crippen molar-refractivity contribution in [1.82, 2.24) is 9.97 Å². The van der Waals surface area contributed by atoms with Crippen LogP contribution in [0.3, 0.4) is 0 Å². The van der Waals surface area contributed by atoms with Crippen molar-refractivity contribution in [3.8, 4) is 17.3 Å². The summed E-state index contributed by atoms with van der Waals surface area (Å²) in [5, 5.41) is 10.1. The number of hydrogen-bond acceptors (Lipinski definition) is 3. The lowest BCUT2D eigenvalue weighted by Gasteiger charge is -2.11. The molecule has 1 aliphatic carbocycles. The zero-order valence-corrected chi connectivity index (χ0v) is 12.8. The van der Waals surface area contributed by atoms with Gasteiger partial charge in [-0.25, -0.2) is 4.39 Å². The second kappa shape index (κ2) is 5.60. The van der Waals surface area contributed by atoms with Crippen LogP contribution < -0.4 is 5.56 Å². The minimum Gasteiger partial charge on any atom is -0.493 e. The van der Waals surface area contributed by atoms with Crippen molar-refractivity contribution in [2.45, 2.75) is 31.6 Å². The van der Waals surface area contributed by atoms with Crippen LogP contribution in [0, 0.1) is 5.82 Å². The molecule has 1 aromatic heterocycles. The third-order valence-corrected chi connectivity index (χ3v) is 4.53. The van der Waals surface area contributed by atoms with Crippen molar-refractivity contribution in [2.24, 2.45) is 0 Å². The fourth-order valence-corrected chi connectivity index (χ4v) is 3.08. The lowest BCUT2D eigenvalue weighted by Crippen LogP contribution is -2.17. The third-order valence-electron chi connectivity index (χ3n) is 3.89. The lowest BCUT2D eigenvalue weighted by molar-refractivity contribution is 0.436. The van der Waals surface area contributed by atoms with Gasteiger partial charge in [0.2, 0.25) is 5.88 Å². The normalized spacial score (nSPS) is 15.5. The summed E-state index contributed by atoms with van der Waals surface area (Å²) in [7, 11) is 0. The zero-order chi connectivity index (χ0) is 15.0. The maximum absolute atomic E-state index is 13.6. The SMILES string of the molecule is O=c1[nH]c(-c2ccc(Br)c(F)c2)nc(O)c1C1CCCC1. The van der Waals surface area contributed by atoms with Crippen LogP contribution in [0.2, 0.25) is 0 Å². The summed E-state index contributed by atoms with van der Waals surface area (Å²) < 4.78 is 13.9. The van der Waals surface area contributed by atoms with E-state index >= 15 is 0 Å². The van der Waals surface area contributed by atoms with Gasteiger partial charge in [-0.3, -0.25) is 4.79 Å². The first-order valence-electron chi connectivity index (χ1n) is 6.85.